The minimum atomic E-state index is -0.0702. The summed E-state index contributed by atoms with van der Waals surface area (Å²) in [5.74, 6) is -0.0257. The van der Waals surface area contributed by atoms with E-state index in [1.807, 2.05) is 19.2 Å². The molecule has 124 valence electrons. The summed E-state index contributed by atoms with van der Waals surface area (Å²) in [5.41, 5.74) is 2.26. The third kappa shape index (κ3) is 3.82. The molecule has 0 radical (unpaired) electrons. The van der Waals surface area contributed by atoms with Gasteiger partial charge in [-0.1, -0.05) is 0 Å². The molecular weight excluding hydrogens is 362 g/mol. The van der Waals surface area contributed by atoms with Crippen LogP contribution in [-0.4, -0.2) is 26.5 Å². The molecule has 0 aliphatic heterocycles. The minimum absolute atomic E-state index is 0.0446. The first kappa shape index (κ1) is 17.1. The van der Waals surface area contributed by atoms with Crippen LogP contribution in [0.25, 0.3) is 10.6 Å². The van der Waals surface area contributed by atoms with E-state index in [4.69, 9.17) is 0 Å². The molecule has 0 aliphatic rings. The van der Waals surface area contributed by atoms with Gasteiger partial charge in [0.15, 0.2) is 5.78 Å². The maximum absolute atomic E-state index is 12.3. The molecule has 3 aromatic rings. The number of aryl methyl sites for hydroxylation is 2. The fourth-order valence-corrected chi connectivity index (χ4v) is 4.83. The van der Waals surface area contributed by atoms with E-state index in [1.165, 1.54) is 29.6 Å². The molecule has 0 bridgehead atoms. The number of ketones is 2. The van der Waals surface area contributed by atoms with Crippen LogP contribution in [0, 0.1) is 13.8 Å². The largest absolute Gasteiger partial charge is 0.300 e. The predicted octanol–water partition coefficient (Wildman–Crippen LogP) is 3.90. The van der Waals surface area contributed by atoms with Crippen molar-refractivity contribution < 1.29 is 9.59 Å². The first-order valence-corrected chi connectivity index (χ1v) is 9.86. The number of rotatable bonds is 6. The van der Waals surface area contributed by atoms with Gasteiger partial charge in [0.25, 0.3) is 0 Å². The lowest BCUT2D eigenvalue weighted by Gasteiger charge is -1.94. The molecule has 0 amide bonds. The molecule has 8 heteroatoms. The fraction of sp³-hybridized carbons (Fsp3) is 0.312. The van der Waals surface area contributed by atoms with E-state index in [0.29, 0.717) is 10.7 Å². The average molecular weight is 378 g/mol. The molecular formula is C16H15N3O2S3. The standard InChI is InChI=1S/C16H15N3O2S3/c1-8(20)4-14-18-11(6-22-14)13(21)5-15-19-12(7-23-15)16-9(2)17-10(3)24-16/h6-7H,4-5H2,1-3H3. The fourth-order valence-electron chi connectivity index (χ4n) is 2.23. The molecule has 0 aliphatic carbocycles. The highest BCUT2D eigenvalue weighted by atomic mass is 32.1. The second-order valence-electron chi connectivity index (χ2n) is 5.38. The highest BCUT2D eigenvalue weighted by Gasteiger charge is 2.16. The summed E-state index contributed by atoms with van der Waals surface area (Å²) in [6.45, 7) is 5.46. The summed E-state index contributed by atoms with van der Waals surface area (Å²) in [7, 11) is 0. The first-order valence-electron chi connectivity index (χ1n) is 7.28. The van der Waals surface area contributed by atoms with E-state index in [2.05, 4.69) is 15.0 Å². The summed E-state index contributed by atoms with van der Waals surface area (Å²) >= 11 is 4.43. The Hall–Kier alpha value is -1.77. The minimum Gasteiger partial charge on any atom is -0.300 e. The Morgan fingerprint density at radius 2 is 1.71 bits per heavy atom. The van der Waals surface area contributed by atoms with Crippen LogP contribution in [0.2, 0.25) is 0 Å². The summed E-state index contributed by atoms with van der Waals surface area (Å²) in [6.07, 6.45) is 0.508. The highest BCUT2D eigenvalue weighted by Crippen LogP contribution is 2.30. The predicted molar refractivity (Wildman–Crippen MR) is 97.2 cm³/mol. The topological polar surface area (TPSA) is 72.8 Å². The lowest BCUT2D eigenvalue weighted by Crippen LogP contribution is -2.04. The molecule has 0 fully saturated rings. The zero-order valence-corrected chi connectivity index (χ0v) is 15.9. The van der Waals surface area contributed by atoms with E-state index in [9.17, 15) is 9.59 Å². The zero-order chi connectivity index (χ0) is 17.3. The van der Waals surface area contributed by atoms with Gasteiger partial charge in [-0.3, -0.25) is 9.59 Å². The first-order chi connectivity index (χ1) is 11.4. The van der Waals surface area contributed by atoms with Gasteiger partial charge in [-0.2, -0.15) is 0 Å². The number of thiazole rings is 3. The number of carbonyl (C=O) groups is 2. The Morgan fingerprint density at radius 3 is 2.38 bits per heavy atom. The summed E-state index contributed by atoms with van der Waals surface area (Å²) in [5, 5.41) is 6.13. The number of hydrogen-bond acceptors (Lipinski definition) is 8. The van der Waals surface area contributed by atoms with Gasteiger partial charge < -0.3 is 0 Å². The van der Waals surface area contributed by atoms with Gasteiger partial charge in [-0.05, 0) is 20.8 Å². The molecule has 0 saturated carbocycles. The highest BCUT2D eigenvalue weighted by molar-refractivity contribution is 7.16. The van der Waals surface area contributed by atoms with Crippen LogP contribution in [0.5, 0.6) is 0 Å². The van der Waals surface area contributed by atoms with Crippen molar-refractivity contribution in [1.82, 2.24) is 15.0 Å². The number of hydrogen-bond donors (Lipinski definition) is 0. The van der Waals surface area contributed by atoms with Crippen LogP contribution >= 0.6 is 34.0 Å². The van der Waals surface area contributed by atoms with E-state index in [0.717, 1.165) is 26.3 Å². The van der Waals surface area contributed by atoms with E-state index >= 15 is 0 Å². The molecule has 0 unspecified atom stereocenters. The summed E-state index contributed by atoms with van der Waals surface area (Å²) < 4.78 is 0. The number of Topliss-reactive ketones (excluding diaryl/α,β-unsaturated/α-hetero) is 2. The van der Waals surface area contributed by atoms with Crippen molar-refractivity contribution in [1.29, 1.82) is 0 Å². The van der Waals surface area contributed by atoms with Crippen LogP contribution in [-0.2, 0) is 17.6 Å². The van der Waals surface area contributed by atoms with Crippen LogP contribution in [0.1, 0.15) is 38.1 Å². The van der Waals surface area contributed by atoms with Gasteiger partial charge in [0.05, 0.1) is 34.1 Å². The number of nitrogens with zero attached hydrogens (tertiary/aromatic N) is 3. The van der Waals surface area contributed by atoms with Gasteiger partial charge in [-0.15, -0.1) is 34.0 Å². The quantitative estimate of drug-likeness (QED) is 0.609. The smallest absolute Gasteiger partial charge is 0.188 e. The van der Waals surface area contributed by atoms with E-state index < -0.39 is 0 Å². The average Bonchev–Trinajstić information content (AvgIpc) is 3.19. The molecule has 3 rings (SSSR count). The second kappa shape index (κ2) is 7.00. The molecule has 3 heterocycles. The Morgan fingerprint density at radius 1 is 1.00 bits per heavy atom. The third-order valence-corrected chi connectivity index (χ3v) is 6.03. The lowest BCUT2D eigenvalue weighted by molar-refractivity contribution is -0.116. The summed E-state index contributed by atoms with van der Waals surface area (Å²) in [6, 6.07) is 0. The van der Waals surface area contributed by atoms with Crippen molar-refractivity contribution in [2.45, 2.75) is 33.6 Å². The Bertz CT molecular complexity index is 907. The van der Waals surface area contributed by atoms with Gasteiger partial charge in [0.2, 0.25) is 0 Å². The van der Waals surface area contributed by atoms with Crippen LogP contribution < -0.4 is 0 Å². The van der Waals surface area contributed by atoms with Gasteiger partial charge in [0, 0.05) is 10.8 Å². The van der Waals surface area contributed by atoms with Gasteiger partial charge >= 0.3 is 0 Å². The van der Waals surface area contributed by atoms with Crippen molar-refractivity contribution in [2.24, 2.45) is 0 Å². The molecule has 0 spiro atoms. The molecule has 0 N–H and O–H groups in total. The molecule has 5 nitrogen and oxygen atoms in total. The third-order valence-electron chi connectivity index (χ3n) is 3.24. The van der Waals surface area contributed by atoms with Crippen LogP contribution in [0.15, 0.2) is 10.8 Å². The van der Waals surface area contributed by atoms with E-state index in [-0.39, 0.29) is 24.4 Å². The molecule has 24 heavy (non-hydrogen) atoms. The van der Waals surface area contributed by atoms with Gasteiger partial charge in [0.1, 0.15) is 21.5 Å². The van der Waals surface area contributed by atoms with E-state index in [1.54, 1.807) is 16.7 Å². The maximum atomic E-state index is 12.3. The van der Waals surface area contributed by atoms with Crippen LogP contribution in [0.4, 0.5) is 0 Å². The Balaban J connectivity index is 1.72. The zero-order valence-electron chi connectivity index (χ0n) is 13.5. The van der Waals surface area contributed by atoms with Crippen LogP contribution in [0.3, 0.4) is 0 Å². The Labute approximate surface area is 151 Å². The second-order valence-corrected chi connectivity index (χ2v) is 8.47. The van der Waals surface area contributed by atoms with Crippen molar-refractivity contribution >= 4 is 45.6 Å². The van der Waals surface area contributed by atoms with Crippen molar-refractivity contribution in [3.63, 3.8) is 0 Å². The Kier molecular flexibility index (Phi) is 4.98. The maximum Gasteiger partial charge on any atom is 0.188 e. The number of aromatic nitrogens is 3. The normalized spacial score (nSPS) is 11.0. The van der Waals surface area contributed by atoms with Crippen molar-refractivity contribution in [2.75, 3.05) is 0 Å². The summed E-state index contributed by atoms with van der Waals surface area (Å²) in [4.78, 5) is 37.7. The molecule has 0 saturated heterocycles. The molecule has 3 aromatic heterocycles. The van der Waals surface area contributed by atoms with Crippen molar-refractivity contribution in [3.8, 4) is 10.6 Å². The van der Waals surface area contributed by atoms with Gasteiger partial charge in [-0.25, -0.2) is 15.0 Å². The van der Waals surface area contributed by atoms with Crippen molar-refractivity contribution in [3.05, 3.63) is 37.2 Å². The SMILES string of the molecule is CC(=O)Cc1nc(C(=O)Cc2nc(-c3sc(C)nc3C)cs2)cs1. The molecule has 0 atom stereocenters. The lowest BCUT2D eigenvalue weighted by atomic mass is 10.2. The molecule has 0 aromatic carbocycles. The number of carbonyl (C=O) groups excluding carboxylic acids is 2. The monoisotopic (exact) mass is 377 g/mol.